The summed E-state index contributed by atoms with van der Waals surface area (Å²) in [7, 11) is 0. The first-order valence-electron chi connectivity index (χ1n) is 5.97. The van der Waals surface area contributed by atoms with Crippen molar-refractivity contribution in [3.05, 3.63) is 29.6 Å². The summed E-state index contributed by atoms with van der Waals surface area (Å²) in [5.41, 5.74) is 7.14. The molecule has 1 aliphatic heterocycles. The number of morpholine rings is 1. The molecule has 2 unspecified atom stereocenters. The SMILES string of the molecule is CC1CN(c2ccc(F)cc2C(N)=S)CC(C)O1. The Bertz CT molecular complexity index is 456. The van der Waals surface area contributed by atoms with Crippen molar-refractivity contribution in [3.63, 3.8) is 0 Å². The zero-order valence-electron chi connectivity index (χ0n) is 10.5. The van der Waals surface area contributed by atoms with E-state index in [-0.39, 0.29) is 23.0 Å². The number of ether oxygens (including phenoxy) is 1. The maximum atomic E-state index is 13.3. The number of thiocarbonyl (C=S) groups is 1. The predicted molar refractivity (Wildman–Crippen MR) is 74.5 cm³/mol. The number of rotatable bonds is 2. The van der Waals surface area contributed by atoms with E-state index in [1.54, 1.807) is 6.07 Å². The lowest BCUT2D eigenvalue weighted by molar-refractivity contribution is -0.00522. The fraction of sp³-hybridized carbons (Fsp3) is 0.462. The Morgan fingerprint density at radius 3 is 2.56 bits per heavy atom. The minimum Gasteiger partial charge on any atom is -0.389 e. The molecular formula is C13H17FN2OS. The average Bonchev–Trinajstić information content (AvgIpc) is 2.27. The first-order chi connectivity index (χ1) is 8.47. The highest BCUT2D eigenvalue weighted by Gasteiger charge is 2.24. The van der Waals surface area contributed by atoms with Crippen molar-refractivity contribution in [2.75, 3.05) is 18.0 Å². The van der Waals surface area contributed by atoms with Crippen LogP contribution in [0.4, 0.5) is 10.1 Å². The molecule has 0 aliphatic carbocycles. The Kier molecular flexibility index (Phi) is 3.82. The smallest absolute Gasteiger partial charge is 0.124 e. The number of hydrogen-bond acceptors (Lipinski definition) is 3. The summed E-state index contributed by atoms with van der Waals surface area (Å²) in [5, 5.41) is 0. The van der Waals surface area contributed by atoms with Gasteiger partial charge in [-0.3, -0.25) is 0 Å². The summed E-state index contributed by atoms with van der Waals surface area (Å²) in [6, 6.07) is 4.55. The molecule has 1 saturated heterocycles. The molecule has 0 bridgehead atoms. The number of nitrogens with zero attached hydrogens (tertiary/aromatic N) is 1. The van der Waals surface area contributed by atoms with E-state index in [4.69, 9.17) is 22.7 Å². The van der Waals surface area contributed by atoms with Gasteiger partial charge in [-0.2, -0.15) is 0 Å². The molecule has 98 valence electrons. The molecule has 2 N–H and O–H groups in total. The lowest BCUT2D eigenvalue weighted by atomic mass is 10.1. The molecule has 1 aromatic rings. The summed E-state index contributed by atoms with van der Waals surface area (Å²) < 4.78 is 19.0. The van der Waals surface area contributed by atoms with Crippen LogP contribution in [0.15, 0.2) is 18.2 Å². The van der Waals surface area contributed by atoms with Crippen LogP contribution >= 0.6 is 12.2 Å². The van der Waals surface area contributed by atoms with E-state index in [9.17, 15) is 4.39 Å². The Morgan fingerprint density at radius 2 is 2.00 bits per heavy atom. The lowest BCUT2D eigenvalue weighted by Gasteiger charge is -2.37. The second-order valence-corrected chi connectivity index (χ2v) is 5.13. The fourth-order valence-corrected chi connectivity index (χ4v) is 2.52. The first-order valence-corrected chi connectivity index (χ1v) is 6.38. The van der Waals surface area contributed by atoms with Crippen LogP contribution in [0, 0.1) is 5.82 Å². The molecule has 0 saturated carbocycles. The van der Waals surface area contributed by atoms with E-state index in [1.807, 2.05) is 13.8 Å². The Morgan fingerprint density at radius 1 is 1.39 bits per heavy atom. The maximum absolute atomic E-state index is 13.3. The van der Waals surface area contributed by atoms with Gasteiger partial charge in [0.05, 0.1) is 12.2 Å². The molecule has 2 atom stereocenters. The molecule has 1 aliphatic rings. The van der Waals surface area contributed by atoms with Crippen molar-refractivity contribution in [1.29, 1.82) is 0 Å². The molecule has 0 radical (unpaired) electrons. The van der Waals surface area contributed by atoms with E-state index in [2.05, 4.69) is 4.90 Å². The second kappa shape index (κ2) is 5.20. The van der Waals surface area contributed by atoms with E-state index in [1.165, 1.54) is 12.1 Å². The average molecular weight is 268 g/mol. The molecule has 0 spiro atoms. The molecule has 0 aromatic heterocycles. The number of nitrogens with two attached hydrogens (primary N) is 1. The van der Waals surface area contributed by atoms with Crippen molar-refractivity contribution in [3.8, 4) is 0 Å². The minimum absolute atomic E-state index is 0.137. The molecule has 0 amide bonds. The maximum Gasteiger partial charge on any atom is 0.124 e. The van der Waals surface area contributed by atoms with Gasteiger partial charge in [0.15, 0.2) is 0 Å². The van der Waals surface area contributed by atoms with Crippen LogP contribution in [-0.2, 0) is 4.74 Å². The molecular weight excluding hydrogens is 251 g/mol. The molecule has 1 heterocycles. The van der Waals surface area contributed by atoms with Crippen molar-refractivity contribution in [2.24, 2.45) is 5.73 Å². The predicted octanol–water partition coefficient (Wildman–Crippen LogP) is 2.07. The van der Waals surface area contributed by atoms with E-state index in [0.717, 1.165) is 18.8 Å². The van der Waals surface area contributed by atoms with Gasteiger partial charge in [-0.1, -0.05) is 12.2 Å². The number of halogens is 1. The van der Waals surface area contributed by atoms with Crippen LogP contribution in [0.3, 0.4) is 0 Å². The van der Waals surface area contributed by atoms with Gasteiger partial charge in [0.2, 0.25) is 0 Å². The normalized spacial score (nSPS) is 24.1. The molecule has 2 rings (SSSR count). The summed E-state index contributed by atoms with van der Waals surface area (Å²) in [5.74, 6) is -0.323. The van der Waals surface area contributed by atoms with E-state index in [0.29, 0.717) is 5.56 Å². The van der Waals surface area contributed by atoms with Gasteiger partial charge in [-0.25, -0.2) is 4.39 Å². The van der Waals surface area contributed by atoms with E-state index < -0.39 is 0 Å². The molecule has 1 aromatic carbocycles. The highest BCUT2D eigenvalue weighted by molar-refractivity contribution is 7.80. The Balaban J connectivity index is 2.35. The number of benzene rings is 1. The number of anilines is 1. The highest BCUT2D eigenvalue weighted by atomic mass is 32.1. The minimum atomic E-state index is -0.323. The Labute approximate surface area is 112 Å². The summed E-state index contributed by atoms with van der Waals surface area (Å²) in [6.07, 6.45) is 0.274. The summed E-state index contributed by atoms with van der Waals surface area (Å²) in [4.78, 5) is 2.36. The largest absolute Gasteiger partial charge is 0.389 e. The topological polar surface area (TPSA) is 38.5 Å². The quantitative estimate of drug-likeness (QED) is 0.833. The molecule has 18 heavy (non-hydrogen) atoms. The zero-order valence-corrected chi connectivity index (χ0v) is 11.3. The molecule has 3 nitrogen and oxygen atoms in total. The fourth-order valence-electron chi connectivity index (χ4n) is 2.36. The summed E-state index contributed by atoms with van der Waals surface area (Å²) >= 11 is 4.99. The van der Waals surface area contributed by atoms with Crippen molar-refractivity contribution < 1.29 is 9.13 Å². The van der Waals surface area contributed by atoms with Gasteiger partial charge >= 0.3 is 0 Å². The van der Waals surface area contributed by atoms with Crippen molar-refractivity contribution in [2.45, 2.75) is 26.1 Å². The van der Waals surface area contributed by atoms with Crippen LogP contribution in [0.25, 0.3) is 0 Å². The van der Waals surface area contributed by atoms with Gasteiger partial charge < -0.3 is 15.4 Å². The monoisotopic (exact) mass is 268 g/mol. The van der Waals surface area contributed by atoms with Crippen LogP contribution in [0.2, 0.25) is 0 Å². The van der Waals surface area contributed by atoms with Gasteiger partial charge in [0.1, 0.15) is 10.8 Å². The molecule has 1 fully saturated rings. The Hall–Kier alpha value is -1.20. The second-order valence-electron chi connectivity index (χ2n) is 4.69. The lowest BCUT2D eigenvalue weighted by Crippen LogP contribution is -2.46. The van der Waals surface area contributed by atoms with Crippen molar-refractivity contribution >= 4 is 22.9 Å². The highest BCUT2D eigenvalue weighted by Crippen LogP contribution is 2.25. The third-order valence-electron chi connectivity index (χ3n) is 2.98. The van der Waals surface area contributed by atoms with Gasteiger partial charge in [-0.15, -0.1) is 0 Å². The standard InChI is InChI=1S/C13H17FN2OS/c1-8-6-16(7-9(2)17-8)12-4-3-10(14)5-11(12)13(15)18/h3-5,8-9H,6-7H2,1-2H3,(H2,15,18). The van der Waals surface area contributed by atoms with Gasteiger partial charge in [0.25, 0.3) is 0 Å². The van der Waals surface area contributed by atoms with Crippen LogP contribution in [0.5, 0.6) is 0 Å². The van der Waals surface area contributed by atoms with Crippen molar-refractivity contribution in [1.82, 2.24) is 0 Å². The third kappa shape index (κ3) is 2.79. The van der Waals surface area contributed by atoms with E-state index >= 15 is 0 Å². The van der Waals surface area contributed by atoms with Crippen LogP contribution in [0.1, 0.15) is 19.4 Å². The van der Waals surface area contributed by atoms with Gasteiger partial charge in [0, 0.05) is 24.3 Å². The van der Waals surface area contributed by atoms with Crippen LogP contribution < -0.4 is 10.6 Å². The zero-order chi connectivity index (χ0) is 13.3. The van der Waals surface area contributed by atoms with Crippen LogP contribution in [-0.4, -0.2) is 30.3 Å². The first kappa shape index (κ1) is 13.2. The molecule has 5 heteroatoms. The third-order valence-corrected chi connectivity index (χ3v) is 3.20. The van der Waals surface area contributed by atoms with Gasteiger partial charge in [-0.05, 0) is 32.0 Å². The summed E-state index contributed by atoms with van der Waals surface area (Å²) in [6.45, 7) is 5.55. The number of hydrogen-bond donors (Lipinski definition) is 1.